The number of carboxylic acids is 1. The van der Waals surface area contributed by atoms with E-state index in [-0.39, 0.29) is 26.9 Å². The van der Waals surface area contributed by atoms with E-state index in [1.165, 1.54) is 6.07 Å². The molecule has 9 nitrogen and oxygen atoms in total. The van der Waals surface area contributed by atoms with Crippen LogP contribution in [0.15, 0.2) is 58.4 Å². The normalized spacial score (nSPS) is 19.2. The average molecular weight is 422 g/mol. The van der Waals surface area contributed by atoms with Crippen molar-refractivity contribution in [1.29, 1.82) is 0 Å². The van der Waals surface area contributed by atoms with Crippen molar-refractivity contribution in [1.82, 2.24) is 5.32 Å². The maximum absolute atomic E-state index is 12.9. The Morgan fingerprint density at radius 3 is 2.53 bits per heavy atom. The summed E-state index contributed by atoms with van der Waals surface area (Å²) in [6.45, 7) is -0.522. The number of benzene rings is 2. The molecule has 0 aliphatic carbocycles. The minimum absolute atomic E-state index is 0.107. The van der Waals surface area contributed by atoms with E-state index >= 15 is 0 Å². The van der Waals surface area contributed by atoms with Gasteiger partial charge in [-0.3, -0.25) is 24.1 Å². The molecule has 0 atom stereocenters. The monoisotopic (exact) mass is 422 g/mol. The van der Waals surface area contributed by atoms with Crippen LogP contribution in [0.1, 0.15) is 15.9 Å². The van der Waals surface area contributed by atoms with Gasteiger partial charge < -0.3 is 16.2 Å². The highest BCUT2D eigenvalue weighted by molar-refractivity contribution is 8.18. The van der Waals surface area contributed by atoms with Crippen molar-refractivity contribution >= 4 is 57.6 Å². The quantitative estimate of drug-likeness (QED) is 0.637. The van der Waals surface area contributed by atoms with Crippen molar-refractivity contribution in [3.8, 4) is 0 Å². The number of fused-ring (bicyclic) bond motifs is 1. The maximum atomic E-state index is 12.9. The molecule has 4 N–H and O–H groups in total. The Bertz CT molecular complexity index is 1190. The number of carboxylic acid groups (broad SMARTS) is 1. The lowest BCUT2D eigenvalue weighted by Crippen LogP contribution is -2.32. The number of hydrogen-bond acceptors (Lipinski definition) is 6. The number of thioether (sulfide) groups is 1. The highest BCUT2D eigenvalue weighted by atomic mass is 32.2. The van der Waals surface area contributed by atoms with Crippen LogP contribution in [0, 0.1) is 0 Å². The zero-order valence-electron chi connectivity index (χ0n) is 15.3. The van der Waals surface area contributed by atoms with E-state index in [0.29, 0.717) is 11.3 Å². The molecule has 2 aliphatic rings. The van der Waals surface area contributed by atoms with E-state index in [1.807, 2.05) is 0 Å². The first-order valence-corrected chi connectivity index (χ1v) is 9.52. The number of aliphatic imine (C=N–C) groups is 1. The third kappa shape index (κ3) is 3.33. The molecule has 0 unspecified atom stereocenters. The molecule has 0 spiro atoms. The van der Waals surface area contributed by atoms with Gasteiger partial charge in [-0.25, -0.2) is 4.99 Å². The van der Waals surface area contributed by atoms with Crippen molar-refractivity contribution < 1.29 is 24.3 Å². The largest absolute Gasteiger partial charge is 0.480 e. The molecule has 2 heterocycles. The number of aliphatic carboxylic acids is 1. The van der Waals surface area contributed by atoms with Gasteiger partial charge in [0.1, 0.15) is 6.54 Å². The number of para-hydroxylation sites is 2. The molecule has 150 valence electrons. The summed E-state index contributed by atoms with van der Waals surface area (Å²) in [4.78, 5) is 53.9. The van der Waals surface area contributed by atoms with Gasteiger partial charge in [-0.1, -0.05) is 30.3 Å². The molecule has 10 heteroatoms. The van der Waals surface area contributed by atoms with E-state index in [2.05, 4.69) is 10.3 Å². The number of hydrogen-bond donors (Lipinski definition) is 3. The molecule has 0 saturated carbocycles. The summed E-state index contributed by atoms with van der Waals surface area (Å²) in [6, 6.07) is 13.1. The van der Waals surface area contributed by atoms with Crippen molar-refractivity contribution in [2.75, 3.05) is 11.4 Å². The second kappa shape index (κ2) is 7.48. The molecular weight excluding hydrogens is 408 g/mol. The first-order chi connectivity index (χ1) is 14.4. The van der Waals surface area contributed by atoms with Crippen LogP contribution in [-0.4, -0.2) is 40.5 Å². The summed E-state index contributed by atoms with van der Waals surface area (Å²) in [5.41, 5.74) is 6.84. The van der Waals surface area contributed by atoms with Crippen molar-refractivity contribution in [3.05, 3.63) is 64.6 Å². The minimum Gasteiger partial charge on any atom is -0.480 e. The molecule has 2 aromatic carbocycles. The van der Waals surface area contributed by atoms with Crippen LogP contribution in [0.2, 0.25) is 0 Å². The smallest absolute Gasteiger partial charge is 0.323 e. The van der Waals surface area contributed by atoms with Crippen molar-refractivity contribution in [2.45, 2.75) is 0 Å². The number of nitrogens with one attached hydrogen (secondary N) is 1. The van der Waals surface area contributed by atoms with Crippen LogP contribution in [0.3, 0.4) is 0 Å². The van der Waals surface area contributed by atoms with Gasteiger partial charge in [0.05, 0.1) is 27.4 Å². The SMILES string of the molecule is NC(=O)c1ccccc1N=C1NC(=O)/C(=C2/C(=O)N(CC(=O)O)c3ccccc32)S1. The van der Waals surface area contributed by atoms with Crippen LogP contribution in [0.5, 0.6) is 0 Å². The maximum Gasteiger partial charge on any atom is 0.323 e. The highest BCUT2D eigenvalue weighted by Crippen LogP contribution is 2.42. The number of amides is 3. The average Bonchev–Trinajstić information content (AvgIpc) is 3.19. The summed E-state index contributed by atoms with van der Waals surface area (Å²) in [5, 5.41) is 11.9. The molecular formula is C20H14N4O5S. The van der Waals surface area contributed by atoms with Gasteiger partial charge in [0.2, 0.25) is 0 Å². The fourth-order valence-corrected chi connectivity index (χ4v) is 4.14. The molecule has 0 bridgehead atoms. The van der Waals surface area contributed by atoms with Crippen LogP contribution >= 0.6 is 11.8 Å². The fourth-order valence-electron chi connectivity index (χ4n) is 3.22. The first-order valence-electron chi connectivity index (χ1n) is 8.71. The van der Waals surface area contributed by atoms with E-state index in [0.717, 1.165) is 16.7 Å². The van der Waals surface area contributed by atoms with E-state index < -0.39 is 30.2 Å². The van der Waals surface area contributed by atoms with Gasteiger partial charge in [0.15, 0.2) is 5.17 Å². The molecule has 3 amide bonds. The van der Waals surface area contributed by atoms with Gasteiger partial charge in [-0.15, -0.1) is 0 Å². The first kappa shape index (κ1) is 19.4. The topological polar surface area (TPSA) is 142 Å². The van der Waals surface area contributed by atoms with Crippen LogP contribution in [0.4, 0.5) is 11.4 Å². The molecule has 2 aromatic rings. The molecule has 4 rings (SSSR count). The molecule has 1 saturated heterocycles. The summed E-state index contributed by atoms with van der Waals surface area (Å²) < 4.78 is 0. The lowest BCUT2D eigenvalue weighted by atomic mass is 10.1. The zero-order valence-corrected chi connectivity index (χ0v) is 16.1. The lowest BCUT2D eigenvalue weighted by molar-refractivity contribution is -0.136. The molecule has 1 fully saturated rings. The fraction of sp³-hybridized carbons (Fsp3) is 0.0500. The standard InChI is InChI=1S/C20H14N4O5S/c21-17(27)10-5-1-3-7-12(10)22-20-23-18(28)16(30-20)15-11-6-2-4-8-13(11)24(19(15)29)9-14(25)26/h1-8H,9H2,(H2,21,27)(H,25,26)(H,22,23,28)/b16-15-. The van der Waals surface area contributed by atoms with Gasteiger partial charge in [-0.05, 0) is 30.0 Å². The lowest BCUT2D eigenvalue weighted by Gasteiger charge is -2.13. The van der Waals surface area contributed by atoms with Gasteiger partial charge in [0, 0.05) is 5.56 Å². The van der Waals surface area contributed by atoms with E-state index in [4.69, 9.17) is 10.8 Å². The Labute approximate surface area is 174 Å². The third-order valence-electron chi connectivity index (χ3n) is 4.46. The predicted octanol–water partition coefficient (Wildman–Crippen LogP) is 1.48. The number of nitrogens with zero attached hydrogens (tertiary/aromatic N) is 2. The summed E-state index contributed by atoms with van der Waals surface area (Å²) in [5.74, 6) is -2.94. The summed E-state index contributed by atoms with van der Waals surface area (Å²) in [7, 11) is 0. The van der Waals surface area contributed by atoms with E-state index in [9.17, 15) is 19.2 Å². The van der Waals surface area contributed by atoms with Crippen LogP contribution in [-0.2, 0) is 14.4 Å². The van der Waals surface area contributed by atoms with Gasteiger partial charge in [0.25, 0.3) is 17.7 Å². The number of nitrogens with two attached hydrogens (primary N) is 1. The molecule has 0 radical (unpaired) electrons. The second-order valence-electron chi connectivity index (χ2n) is 6.36. The Kier molecular flexibility index (Phi) is 4.84. The molecule has 0 aromatic heterocycles. The number of carbonyl (C=O) groups excluding carboxylic acids is 3. The van der Waals surface area contributed by atoms with Gasteiger partial charge in [-0.2, -0.15) is 0 Å². The summed E-state index contributed by atoms with van der Waals surface area (Å²) in [6.07, 6.45) is 0. The Morgan fingerprint density at radius 2 is 1.80 bits per heavy atom. The third-order valence-corrected chi connectivity index (χ3v) is 5.44. The Balaban J connectivity index is 1.76. The zero-order chi connectivity index (χ0) is 21.4. The molecule has 2 aliphatic heterocycles. The predicted molar refractivity (Wildman–Crippen MR) is 111 cm³/mol. The van der Waals surface area contributed by atoms with E-state index in [1.54, 1.807) is 42.5 Å². The number of primary amides is 1. The summed E-state index contributed by atoms with van der Waals surface area (Å²) >= 11 is 0.941. The number of anilines is 1. The Morgan fingerprint density at radius 1 is 1.10 bits per heavy atom. The van der Waals surface area contributed by atoms with Crippen molar-refractivity contribution in [2.24, 2.45) is 10.7 Å². The number of amidine groups is 1. The number of carbonyl (C=O) groups is 4. The van der Waals surface area contributed by atoms with Crippen LogP contribution < -0.4 is 16.0 Å². The van der Waals surface area contributed by atoms with Crippen LogP contribution in [0.25, 0.3) is 5.57 Å². The van der Waals surface area contributed by atoms with Crippen molar-refractivity contribution in [3.63, 3.8) is 0 Å². The van der Waals surface area contributed by atoms with Gasteiger partial charge >= 0.3 is 5.97 Å². The second-order valence-corrected chi connectivity index (χ2v) is 7.36. The number of rotatable bonds is 4. The molecule has 30 heavy (non-hydrogen) atoms. The highest BCUT2D eigenvalue weighted by Gasteiger charge is 2.39. The Hall–Kier alpha value is -3.92. The minimum atomic E-state index is -1.17.